The van der Waals surface area contributed by atoms with Gasteiger partial charge in [0.25, 0.3) is 6.29 Å². The monoisotopic (exact) mass is 248 g/mol. The Kier molecular flexibility index (Phi) is 2.73. The minimum absolute atomic E-state index is 0.190. The van der Waals surface area contributed by atoms with Crippen molar-refractivity contribution in [2.45, 2.75) is 38.9 Å². The highest BCUT2D eigenvalue weighted by Gasteiger charge is 2.41. The number of Topliss-reactive ketones (excluding diaryl/α,β-unsaturated/α-hetero) is 1. The van der Waals surface area contributed by atoms with Crippen molar-refractivity contribution in [2.24, 2.45) is 11.8 Å². The van der Waals surface area contributed by atoms with Gasteiger partial charge in [0.05, 0.1) is 6.26 Å². The molecule has 2 fully saturated rings. The van der Waals surface area contributed by atoms with E-state index in [1.807, 2.05) is 0 Å². The van der Waals surface area contributed by atoms with Crippen LogP contribution in [0.2, 0.25) is 0 Å². The maximum Gasteiger partial charge on any atom is 0.336 e. The topological polar surface area (TPSA) is 52.6 Å². The zero-order valence-electron chi connectivity index (χ0n) is 10.3. The molecule has 3 atom stereocenters. The molecule has 0 radical (unpaired) electrons. The maximum absolute atomic E-state index is 11.8. The van der Waals surface area contributed by atoms with Crippen LogP contribution in [-0.2, 0) is 19.1 Å². The highest BCUT2D eigenvalue weighted by molar-refractivity contribution is 5.98. The molecule has 2 saturated carbocycles. The Morgan fingerprint density at radius 2 is 2.22 bits per heavy atom. The summed E-state index contributed by atoms with van der Waals surface area (Å²) < 4.78 is 10.4. The number of carbonyl (C=O) groups is 2. The molecule has 0 aromatic heterocycles. The van der Waals surface area contributed by atoms with Crippen molar-refractivity contribution < 1.29 is 19.1 Å². The summed E-state index contributed by atoms with van der Waals surface area (Å²) in [7, 11) is 0. The molecule has 4 nitrogen and oxygen atoms in total. The predicted molar refractivity (Wildman–Crippen MR) is 63.3 cm³/mol. The minimum atomic E-state index is -0.668. The molecule has 3 aliphatic rings. The molecule has 0 amide bonds. The first kappa shape index (κ1) is 11.5. The van der Waals surface area contributed by atoms with Crippen LogP contribution in [0.15, 0.2) is 23.5 Å². The van der Waals surface area contributed by atoms with E-state index in [-0.39, 0.29) is 11.8 Å². The molecule has 18 heavy (non-hydrogen) atoms. The number of cyclic esters (lactones) is 1. The van der Waals surface area contributed by atoms with E-state index in [4.69, 9.17) is 9.47 Å². The minimum Gasteiger partial charge on any atom is -0.458 e. The van der Waals surface area contributed by atoms with E-state index in [0.29, 0.717) is 23.8 Å². The molecule has 1 aliphatic heterocycles. The molecular weight excluding hydrogens is 232 g/mol. The number of ketones is 1. The normalized spacial score (nSPS) is 36.8. The van der Waals surface area contributed by atoms with Gasteiger partial charge in [0.15, 0.2) is 5.78 Å². The maximum atomic E-state index is 11.8. The molecule has 0 unspecified atom stereocenters. The first-order valence-corrected chi connectivity index (χ1v) is 6.43. The van der Waals surface area contributed by atoms with Gasteiger partial charge in [-0.15, -0.1) is 0 Å². The Labute approximate surface area is 106 Å². The summed E-state index contributed by atoms with van der Waals surface area (Å²) in [6.45, 7) is 1.69. The lowest BCUT2D eigenvalue weighted by atomic mass is 9.98. The third-order valence-corrected chi connectivity index (χ3v) is 4.09. The Morgan fingerprint density at radius 1 is 1.39 bits per heavy atom. The lowest BCUT2D eigenvalue weighted by Crippen LogP contribution is -2.11. The van der Waals surface area contributed by atoms with Crippen LogP contribution in [-0.4, -0.2) is 18.0 Å². The SMILES string of the molecule is CC1=C[C@@H](O/C=C2/C(=O)C[C@@H]3CCC[C@H]23)OC1=O. The van der Waals surface area contributed by atoms with Crippen LogP contribution in [0, 0.1) is 11.8 Å². The molecule has 3 rings (SSSR count). The van der Waals surface area contributed by atoms with Crippen LogP contribution in [0.3, 0.4) is 0 Å². The molecule has 0 spiro atoms. The van der Waals surface area contributed by atoms with E-state index in [0.717, 1.165) is 18.4 Å². The molecule has 96 valence electrons. The summed E-state index contributed by atoms with van der Waals surface area (Å²) in [5.41, 5.74) is 1.33. The van der Waals surface area contributed by atoms with Crippen molar-refractivity contribution in [3.05, 3.63) is 23.5 Å². The summed E-state index contributed by atoms with van der Waals surface area (Å²) in [6.07, 6.45) is 6.54. The van der Waals surface area contributed by atoms with E-state index in [2.05, 4.69) is 0 Å². The van der Waals surface area contributed by atoms with Gasteiger partial charge in [0.1, 0.15) is 0 Å². The molecule has 0 aromatic rings. The van der Waals surface area contributed by atoms with Crippen molar-refractivity contribution >= 4 is 11.8 Å². The molecule has 2 aliphatic carbocycles. The number of rotatable bonds is 2. The van der Waals surface area contributed by atoms with E-state index in [1.165, 1.54) is 12.7 Å². The highest BCUT2D eigenvalue weighted by atomic mass is 16.7. The Bertz CT molecular complexity index is 460. The zero-order valence-corrected chi connectivity index (χ0v) is 10.3. The number of hydrogen-bond acceptors (Lipinski definition) is 4. The van der Waals surface area contributed by atoms with Crippen LogP contribution < -0.4 is 0 Å². The van der Waals surface area contributed by atoms with Gasteiger partial charge in [-0.1, -0.05) is 6.42 Å². The molecule has 0 bridgehead atoms. The summed E-state index contributed by atoms with van der Waals surface area (Å²) in [4.78, 5) is 23.0. The van der Waals surface area contributed by atoms with Crippen molar-refractivity contribution in [2.75, 3.05) is 0 Å². The second-order valence-corrected chi connectivity index (χ2v) is 5.26. The number of esters is 1. The molecule has 0 saturated heterocycles. The first-order valence-electron chi connectivity index (χ1n) is 6.43. The third-order valence-electron chi connectivity index (χ3n) is 4.09. The molecule has 0 aromatic carbocycles. The second-order valence-electron chi connectivity index (χ2n) is 5.26. The molecule has 0 N–H and O–H groups in total. The fourth-order valence-electron chi connectivity index (χ4n) is 3.12. The Hall–Kier alpha value is -1.58. The third kappa shape index (κ3) is 1.85. The van der Waals surface area contributed by atoms with Gasteiger partial charge < -0.3 is 9.47 Å². The van der Waals surface area contributed by atoms with Crippen LogP contribution in [0.25, 0.3) is 0 Å². The fraction of sp³-hybridized carbons (Fsp3) is 0.571. The van der Waals surface area contributed by atoms with Gasteiger partial charge in [0, 0.05) is 23.6 Å². The highest BCUT2D eigenvalue weighted by Crippen LogP contribution is 2.45. The molecule has 1 heterocycles. The lowest BCUT2D eigenvalue weighted by molar-refractivity contribution is -0.152. The first-order chi connectivity index (χ1) is 8.65. The average Bonchev–Trinajstić information content (AvgIpc) is 2.94. The van der Waals surface area contributed by atoms with Gasteiger partial charge in [0.2, 0.25) is 0 Å². The summed E-state index contributed by atoms with van der Waals surface area (Å²) in [6, 6.07) is 0. The van der Waals surface area contributed by atoms with Crippen LogP contribution in [0.1, 0.15) is 32.6 Å². The Balaban J connectivity index is 1.69. The van der Waals surface area contributed by atoms with Crippen molar-refractivity contribution in [1.82, 2.24) is 0 Å². The van der Waals surface area contributed by atoms with Crippen molar-refractivity contribution in [3.63, 3.8) is 0 Å². The number of hydrogen-bond donors (Lipinski definition) is 0. The van der Waals surface area contributed by atoms with Crippen LogP contribution in [0.5, 0.6) is 0 Å². The quantitative estimate of drug-likeness (QED) is 0.426. The van der Waals surface area contributed by atoms with E-state index < -0.39 is 6.29 Å². The fourth-order valence-corrected chi connectivity index (χ4v) is 3.12. The zero-order chi connectivity index (χ0) is 12.7. The van der Waals surface area contributed by atoms with Crippen LogP contribution in [0.4, 0.5) is 0 Å². The van der Waals surface area contributed by atoms with E-state index in [1.54, 1.807) is 13.0 Å². The Morgan fingerprint density at radius 3 is 2.94 bits per heavy atom. The summed E-state index contributed by atoms with van der Waals surface area (Å²) in [5, 5.41) is 0. The number of allylic oxidation sites excluding steroid dienone is 1. The smallest absolute Gasteiger partial charge is 0.336 e. The average molecular weight is 248 g/mol. The van der Waals surface area contributed by atoms with Gasteiger partial charge in [-0.25, -0.2) is 4.79 Å². The summed E-state index contributed by atoms with van der Waals surface area (Å²) in [5.74, 6) is 0.708. The van der Waals surface area contributed by atoms with Crippen molar-refractivity contribution in [1.29, 1.82) is 0 Å². The summed E-state index contributed by atoms with van der Waals surface area (Å²) >= 11 is 0. The van der Waals surface area contributed by atoms with Gasteiger partial charge in [-0.05, 0) is 31.6 Å². The lowest BCUT2D eigenvalue weighted by Gasteiger charge is -2.11. The predicted octanol–water partition coefficient (Wildman–Crippen LogP) is 2.11. The van der Waals surface area contributed by atoms with Gasteiger partial charge in [-0.2, -0.15) is 0 Å². The van der Waals surface area contributed by atoms with Crippen molar-refractivity contribution in [3.8, 4) is 0 Å². The second kappa shape index (κ2) is 4.26. The number of ether oxygens (including phenoxy) is 2. The molecule has 4 heteroatoms. The molecular formula is C14H16O4. The van der Waals surface area contributed by atoms with Gasteiger partial charge in [-0.3, -0.25) is 4.79 Å². The largest absolute Gasteiger partial charge is 0.458 e. The number of fused-ring (bicyclic) bond motifs is 1. The van der Waals surface area contributed by atoms with E-state index >= 15 is 0 Å². The number of carbonyl (C=O) groups excluding carboxylic acids is 2. The van der Waals surface area contributed by atoms with Crippen LogP contribution >= 0.6 is 0 Å². The van der Waals surface area contributed by atoms with E-state index in [9.17, 15) is 9.59 Å². The van der Waals surface area contributed by atoms with Gasteiger partial charge >= 0.3 is 5.97 Å². The standard InChI is InChI=1S/C14H16O4/c1-8-5-13(18-14(8)16)17-7-11-10-4-2-3-9(10)6-12(11)15/h5,7,9-10,13H,2-4,6H2,1H3/b11-7+/t9-,10-,13-/m0/s1.